The molecule has 1 nitrogen and oxygen atoms in total. The smallest absolute Gasteiger partial charge is 0.126 e. The fourth-order valence-electron chi connectivity index (χ4n) is 3.73. The van der Waals surface area contributed by atoms with Crippen LogP contribution in [0.2, 0.25) is 0 Å². The summed E-state index contributed by atoms with van der Waals surface area (Å²) < 4.78 is 26.3. The zero-order chi connectivity index (χ0) is 11.4. The van der Waals surface area contributed by atoms with Gasteiger partial charge in [-0.05, 0) is 54.8 Å². The van der Waals surface area contributed by atoms with Gasteiger partial charge in [0.1, 0.15) is 11.6 Å². The summed E-state index contributed by atoms with van der Waals surface area (Å²) in [5.41, 5.74) is 1.35. The van der Waals surface area contributed by atoms with Gasteiger partial charge in [-0.15, -0.1) is 0 Å². The van der Waals surface area contributed by atoms with Crippen LogP contribution in [0.3, 0.4) is 0 Å². The van der Waals surface area contributed by atoms with Crippen LogP contribution in [-0.4, -0.2) is 13.6 Å². The summed E-state index contributed by atoms with van der Waals surface area (Å²) in [4.78, 5) is 0. The van der Waals surface area contributed by atoms with Gasteiger partial charge in [0.2, 0.25) is 0 Å². The van der Waals surface area contributed by atoms with Crippen LogP contribution in [0.15, 0.2) is 18.2 Å². The van der Waals surface area contributed by atoms with Crippen LogP contribution in [0.25, 0.3) is 0 Å². The molecule has 0 spiro atoms. The van der Waals surface area contributed by atoms with Crippen molar-refractivity contribution in [2.45, 2.75) is 24.7 Å². The maximum absolute atomic E-state index is 13.1. The van der Waals surface area contributed by atoms with E-state index in [0.717, 1.165) is 37.4 Å². The van der Waals surface area contributed by atoms with Gasteiger partial charge in [0.15, 0.2) is 0 Å². The summed E-state index contributed by atoms with van der Waals surface area (Å²) >= 11 is 0. The van der Waals surface area contributed by atoms with Gasteiger partial charge < -0.3 is 5.32 Å². The Morgan fingerprint density at radius 3 is 2.19 bits per heavy atom. The standard InChI is InChI=1S/C13H15F2N/c1-16-8-12-5-13(6-12,7-12)9-2-10(14)4-11(15)3-9/h2-4,16H,5-8H2,1H3. The second-order valence-electron chi connectivity index (χ2n) is 5.50. The van der Waals surface area contributed by atoms with E-state index in [-0.39, 0.29) is 5.41 Å². The second kappa shape index (κ2) is 3.04. The number of benzene rings is 1. The van der Waals surface area contributed by atoms with Crippen molar-refractivity contribution in [2.75, 3.05) is 13.6 Å². The van der Waals surface area contributed by atoms with Crippen molar-refractivity contribution in [2.24, 2.45) is 5.41 Å². The predicted molar refractivity (Wildman–Crippen MR) is 58.2 cm³/mol. The summed E-state index contributed by atoms with van der Waals surface area (Å²) in [5.74, 6) is -0.912. The van der Waals surface area contributed by atoms with Crippen LogP contribution in [0.4, 0.5) is 8.78 Å². The maximum Gasteiger partial charge on any atom is 0.126 e. The Morgan fingerprint density at radius 2 is 1.69 bits per heavy atom. The van der Waals surface area contributed by atoms with Crippen LogP contribution in [0.1, 0.15) is 24.8 Å². The Hall–Kier alpha value is -0.960. The number of rotatable bonds is 3. The molecule has 2 bridgehead atoms. The monoisotopic (exact) mass is 223 g/mol. The van der Waals surface area contributed by atoms with Crippen molar-refractivity contribution >= 4 is 0 Å². The first kappa shape index (κ1) is 10.2. The Kier molecular flexibility index (Phi) is 1.94. The van der Waals surface area contributed by atoms with Crippen molar-refractivity contribution in [1.82, 2.24) is 5.32 Å². The van der Waals surface area contributed by atoms with Gasteiger partial charge in [-0.1, -0.05) is 0 Å². The molecule has 0 aliphatic heterocycles. The normalized spacial score (nSPS) is 35.4. The fraction of sp³-hybridized carbons (Fsp3) is 0.538. The first-order chi connectivity index (χ1) is 7.57. The van der Waals surface area contributed by atoms with Gasteiger partial charge in [-0.3, -0.25) is 0 Å². The van der Waals surface area contributed by atoms with Crippen LogP contribution >= 0.6 is 0 Å². The zero-order valence-electron chi connectivity index (χ0n) is 9.32. The van der Waals surface area contributed by atoms with E-state index in [9.17, 15) is 8.78 Å². The number of nitrogens with one attached hydrogen (secondary N) is 1. The highest BCUT2D eigenvalue weighted by atomic mass is 19.1. The van der Waals surface area contributed by atoms with Crippen LogP contribution in [0, 0.1) is 17.0 Å². The maximum atomic E-state index is 13.1. The highest BCUT2D eigenvalue weighted by Crippen LogP contribution is 2.73. The van der Waals surface area contributed by atoms with E-state index in [4.69, 9.17) is 0 Å². The molecule has 0 amide bonds. The third-order valence-electron chi connectivity index (χ3n) is 4.17. The first-order valence-electron chi connectivity index (χ1n) is 5.69. The molecule has 86 valence electrons. The summed E-state index contributed by atoms with van der Waals surface area (Å²) in [6.45, 7) is 1.02. The molecule has 1 aromatic rings. The lowest BCUT2D eigenvalue weighted by Crippen LogP contribution is -2.67. The fourth-order valence-corrected chi connectivity index (χ4v) is 3.73. The Morgan fingerprint density at radius 1 is 1.12 bits per heavy atom. The van der Waals surface area contributed by atoms with E-state index >= 15 is 0 Å². The van der Waals surface area contributed by atoms with Gasteiger partial charge in [-0.2, -0.15) is 0 Å². The number of hydrogen-bond donors (Lipinski definition) is 1. The van der Waals surface area contributed by atoms with Gasteiger partial charge in [0.25, 0.3) is 0 Å². The molecule has 0 aromatic heterocycles. The Bertz CT molecular complexity index is 402. The summed E-state index contributed by atoms with van der Waals surface area (Å²) in [7, 11) is 1.95. The summed E-state index contributed by atoms with van der Waals surface area (Å²) in [5, 5.41) is 3.19. The van der Waals surface area contributed by atoms with Crippen molar-refractivity contribution in [1.29, 1.82) is 0 Å². The molecule has 4 rings (SSSR count). The quantitative estimate of drug-likeness (QED) is 0.830. The lowest BCUT2D eigenvalue weighted by molar-refractivity contribution is -0.137. The van der Waals surface area contributed by atoms with Gasteiger partial charge in [0, 0.05) is 12.6 Å². The molecule has 3 aliphatic carbocycles. The molecule has 0 radical (unpaired) electrons. The Balaban J connectivity index is 1.82. The minimum atomic E-state index is -0.456. The zero-order valence-corrected chi connectivity index (χ0v) is 9.32. The summed E-state index contributed by atoms with van der Waals surface area (Å²) in [6.07, 6.45) is 3.22. The molecular weight excluding hydrogens is 208 g/mol. The SMILES string of the molecule is CNCC12CC(c3cc(F)cc(F)c3)(C1)C2. The molecular formula is C13H15F2N. The third kappa shape index (κ3) is 1.24. The van der Waals surface area contributed by atoms with Crippen molar-refractivity contribution < 1.29 is 8.78 Å². The van der Waals surface area contributed by atoms with Crippen molar-refractivity contribution in [3.8, 4) is 0 Å². The summed E-state index contributed by atoms with van der Waals surface area (Å²) in [6, 6.07) is 3.93. The van der Waals surface area contributed by atoms with E-state index in [1.807, 2.05) is 7.05 Å². The Labute approximate surface area is 93.9 Å². The molecule has 0 heterocycles. The molecule has 1 aromatic carbocycles. The highest BCUT2D eigenvalue weighted by Gasteiger charge is 2.67. The molecule has 3 heteroatoms. The lowest BCUT2D eigenvalue weighted by atomic mass is 9.33. The van der Waals surface area contributed by atoms with E-state index in [2.05, 4.69) is 5.32 Å². The number of hydrogen-bond acceptors (Lipinski definition) is 1. The van der Waals surface area contributed by atoms with Crippen molar-refractivity contribution in [3.63, 3.8) is 0 Å². The lowest BCUT2D eigenvalue weighted by Gasteiger charge is -2.71. The average molecular weight is 223 g/mol. The average Bonchev–Trinajstić information content (AvgIpc) is 2.06. The minimum absolute atomic E-state index is 0.0831. The van der Waals surface area contributed by atoms with Crippen LogP contribution in [-0.2, 0) is 5.41 Å². The minimum Gasteiger partial charge on any atom is -0.319 e. The van der Waals surface area contributed by atoms with E-state index in [1.165, 1.54) is 12.1 Å². The predicted octanol–water partition coefficient (Wildman–Crippen LogP) is 2.61. The second-order valence-corrected chi connectivity index (χ2v) is 5.50. The van der Waals surface area contributed by atoms with Gasteiger partial charge in [-0.25, -0.2) is 8.78 Å². The molecule has 3 aliphatic rings. The molecule has 3 fully saturated rings. The molecule has 16 heavy (non-hydrogen) atoms. The molecule has 1 N–H and O–H groups in total. The first-order valence-corrected chi connectivity index (χ1v) is 5.69. The number of halogens is 2. The van der Waals surface area contributed by atoms with Crippen molar-refractivity contribution in [3.05, 3.63) is 35.4 Å². The van der Waals surface area contributed by atoms with Crippen LogP contribution < -0.4 is 5.32 Å². The molecule has 0 unspecified atom stereocenters. The topological polar surface area (TPSA) is 12.0 Å². The highest BCUT2D eigenvalue weighted by molar-refractivity contribution is 5.39. The largest absolute Gasteiger partial charge is 0.319 e. The van der Waals surface area contributed by atoms with E-state index in [1.54, 1.807) is 0 Å². The molecule has 3 saturated carbocycles. The molecule has 0 saturated heterocycles. The molecule has 0 atom stereocenters. The van der Waals surface area contributed by atoms with E-state index in [0.29, 0.717) is 5.41 Å². The van der Waals surface area contributed by atoms with Gasteiger partial charge >= 0.3 is 0 Å². The van der Waals surface area contributed by atoms with E-state index < -0.39 is 11.6 Å². The van der Waals surface area contributed by atoms with Crippen LogP contribution in [0.5, 0.6) is 0 Å². The van der Waals surface area contributed by atoms with Gasteiger partial charge in [0.05, 0.1) is 0 Å². The third-order valence-corrected chi connectivity index (χ3v) is 4.17.